The monoisotopic (exact) mass is 213 g/mol. The Kier molecular flexibility index (Phi) is 4.77. The van der Waals surface area contributed by atoms with Gasteiger partial charge in [-0.25, -0.2) is 0 Å². The second-order valence-electron chi connectivity index (χ2n) is 3.09. The molecule has 0 heterocycles. The van der Waals surface area contributed by atoms with Crippen LogP contribution in [0.5, 0.6) is 5.75 Å². The van der Waals surface area contributed by atoms with Gasteiger partial charge in [-0.3, -0.25) is 0 Å². The van der Waals surface area contributed by atoms with Gasteiger partial charge in [0.15, 0.2) is 0 Å². The van der Waals surface area contributed by atoms with Crippen LogP contribution in [0, 0.1) is 0 Å². The Morgan fingerprint density at radius 3 is 2.79 bits per heavy atom. The van der Waals surface area contributed by atoms with Crippen molar-refractivity contribution in [2.75, 3.05) is 13.2 Å². The predicted molar refractivity (Wildman–Crippen MR) is 60.0 cm³/mol. The molecule has 0 aliphatic heterocycles. The quantitative estimate of drug-likeness (QED) is 0.816. The fourth-order valence-corrected chi connectivity index (χ4v) is 1.54. The lowest BCUT2D eigenvalue weighted by Crippen LogP contribution is -2.00. The van der Waals surface area contributed by atoms with Gasteiger partial charge < -0.3 is 10.5 Å². The molecule has 0 saturated carbocycles. The standard InChI is InChI=1S/C11H16ClNO/c1-2-14-11-6-5-9(4-3-7-13)8-10(11)12/h5-6,8H,2-4,7,13H2,1H3. The van der Waals surface area contributed by atoms with Gasteiger partial charge in [-0.05, 0) is 44.0 Å². The molecule has 78 valence electrons. The molecule has 0 aromatic heterocycles. The normalized spacial score (nSPS) is 10.2. The Hall–Kier alpha value is -0.730. The first-order valence-electron chi connectivity index (χ1n) is 4.89. The summed E-state index contributed by atoms with van der Waals surface area (Å²) in [5, 5.41) is 0.682. The average molecular weight is 214 g/mol. The molecule has 14 heavy (non-hydrogen) atoms. The van der Waals surface area contributed by atoms with Gasteiger partial charge in [-0.2, -0.15) is 0 Å². The zero-order chi connectivity index (χ0) is 10.4. The molecule has 0 radical (unpaired) electrons. The Morgan fingerprint density at radius 1 is 1.43 bits per heavy atom. The Balaban J connectivity index is 2.68. The van der Waals surface area contributed by atoms with Crippen molar-refractivity contribution in [3.05, 3.63) is 28.8 Å². The summed E-state index contributed by atoms with van der Waals surface area (Å²) in [4.78, 5) is 0. The molecule has 0 saturated heterocycles. The molecular weight excluding hydrogens is 198 g/mol. The van der Waals surface area contributed by atoms with Crippen LogP contribution in [-0.2, 0) is 6.42 Å². The van der Waals surface area contributed by atoms with E-state index in [0.717, 1.165) is 18.6 Å². The van der Waals surface area contributed by atoms with E-state index in [1.807, 2.05) is 25.1 Å². The van der Waals surface area contributed by atoms with Crippen molar-refractivity contribution < 1.29 is 4.74 Å². The molecule has 1 rings (SSSR count). The number of halogens is 1. The maximum atomic E-state index is 6.03. The van der Waals surface area contributed by atoms with E-state index in [-0.39, 0.29) is 0 Å². The van der Waals surface area contributed by atoms with E-state index in [1.54, 1.807) is 0 Å². The third-order valence-electron chi connectivity index (χ3n) is 1.97. The fourth-order valence-electron chi connectivity index (χ4n) is 1.28. The second-order valence-corrected chi connectivity index (χ2v) is 3.50. The van der Waals surface area contributed by atoms with Gasteiger partial charge in [0, 0.05) is 0 Å². The maximum Gasteiger partial charge on any atom is 0.137 e. The zero-order valence-electron chi connectivity index (χ0n) is 8.42. The van der Waals surface area contributed by atoms with E-state index in [4.69, 9.17) is 22.1 Å². The summed E-state index contributed by atoms with van der Waals surface area (Å²) in [6.45, 7) is 3.30. The first kappa shape index (κ1) is 11.3. The molecule has 0 aliphatic rings. The van der Waals surface area contributed by atoms with Gasteiger partial charge in [0.2, 0.25) is 0 Å². The molecule has 2 N–H and O–H groups in total. The highest BCUT2D eigenvalue weighted by atomic mass is 35.5. The predicted octanol–water partition coefficient (Wildman–Crippen LogP) is 2.63. The molecule has 0 aliphatic carbocycles. The highest BCUT2D eigenvalue weighted by Crippen LogP contribution is 2.25. The number of hydrogen-bond donors (Lipinski definition) is 1. The molecule has 3 heteroatoms. The molecule has 0 bridgehead atoms. The number of benzene rings is 1. The van der Waals surface area contributed by atoms with Crippen molar-refractivity contribution in [1.29, 1.82) is 0 Å². The first-order valence-corrected chi connectivity index (χ1v) is 5.27. The highest BCUT2D eigenvalue weighted by Gasteiger charge is 2.01. The fraction of sp³-hybridized carbons (Fsp3) is 0.455. The Labute approximate surface area is 90.0 Å². The molecular formula is C11H16ClNO. The summed E-state index contributed by atoms with van der Waals surface area (Å²) in [6, 6.07) is 5.90. The van der Waals surface area contributed by atoms with Crippen LogP contribution < -0.4 is 10.5 Å². The van der Waals surface area contributed by atoms with E-state index in [1.165, 1.54) is 5.56 Å². The van der Waals surface area contributed by atoms with Crippen LogP contribution in [0.25, 0.3) is 0 Å². The van der Waals surface area contributed by atoms with Crippen LogP contribution in [0.15, 0.2) is 18.2 Å². The van der Waals surface area contributed by atoms with Crippen molar-refractivity contribution in [2.45, 2.75) is 19.8 Å². The molecule has 0 spiro atoms. The minimum Gasteiger partial charge on any atom is -0.492 e. The third kappa shape index (κ3) is 3.20. The molecule has 0 amide bonds. The minimum atomic E-state index is 0.641. The van der Waals surface area contributed by atoms with E-state index in [9.17, 15) is 0 Å². The van der Waals surface area contributed by atoms with Gasteiger partial charge in [-0.15, -0.1) is 0 Å². The summed E-state index contributed by atoms with van der Waals surface area (Å²) in [7, 11) is 0. The number of nitrogens with two attached hydrogens (primary N) is 1. The van der Waals surface area contributed by atoms with E-state index in [0.29, 0.717) is 18.2 Å². The maximum absolute atomic E-state index is 6.03. The number of aryl methyl sites for hydroxylation is 1. The number of rotatable bonds is 5. The van der Waals surface area contributed by atoms with E-state index >= 15 is 0 Å². The van der Waals surface area contributed by atoms with Gasteiger partial charge in [0.1, 0.15) is 5.75 Å². The van der Waals surface area contributed by atoms with Gasteiger partial charge >= 0.3 is 0 Å². The van der Waals surface area contributed by atoms with Gasteiger partial charge in [0.25, 0.3) is 0 Å². The van der Waals surface area contributed by atoms with Crippen LogP contribution >= 0.6 is 11.6 Å². The lowest BCUT2D eigenvalue weighted by molar-refractivity contribution is 0.340. The molecule has 1 aromatic carbocycles. The lowest BCUT2D eigenvalue weighted by Gasteiger charge is -2.07. The second kappa shape index (κ2) is 5.89. The van der Waals surface area contributed by atoms with E-state index in [2.05, 4.69) is 0 Å². The average Bonchev–Trinajstić information content (AvgIpc) is 2.19. The summed E-state index contributed by atoms with van der Waals surface area (Å²) in [5.74, 6) is 0.755. The summed E-state index contributed by atoms with van der Waals surface area (Å²) >= 11 is 6.03. The molecule has 0 unspecified atom stereocenters. The lowest BCUT2D eigenvalue weighted by atomic mass is 10.1. The van der Waals surface area contributed by atoms with Crippen LogP contribution in [0.3, 0.4) is 0 Å². The Morgan fingerprint density at radius 2 is 2.21 bits per heavy atom. The van der Waals surface area contributed by atoms with Crippen LogP contribution in [0.2, 0.25) is 5.02 Å². The van der Waals surface area contributed by atoms with Crippen molar-refractivity contribution in [1.82, 2.24) is 0 Å². The minimum absolute atomic E-state index is 0.641. The van der Waals surface area contributed by atoms with Crippen molar-refractivity contribution in [3.8, 4) is 5.75 Å². The first-order chi connectivity index (χ1) is 6.77. The van der Waals surface area contributed by atoms with Gasteiger partial charge in [-0.1, -0.05) is 17.7 Å². The van der Waals surface area contributed by atoms with E-state index < -0.39 is 0 Å². The number of ether oxygens (including phenoxy) is 1. The van der Waals surface area contributed by atoms with Crippen molar-refractivity contribution in [2.24, 2.45) is 5.73 Å². The molecule has 0 atom stereocenters. The summed E-state index contributed by atoms with van der Waals surface area (Å²) in [5.41, 5.74) is 6.65. The third-order valence-corrected chi connectivity index (χ3v) is 2.26. The summed E-state index contributed by atoms with van der Waals surface area (Å²) in [6.07, 6.45) is 1.97. The number of hydrogen-bond acceptors (Lipinski definition) is 2. The van der Waals surface area contributed by atoms with Gasteiger partial charge in [0.05, 0.1) is 11.6 Å². The van der Waals surface area contributed by atoms with Crippen LogP contribution in [0.1, 0.15) is 18.9 Å². The topological polar surface area (TPSA) is 35.2 Å². The molecule has 0 fully saturated rings. The SMILES string of the molecule is CCOc1ccc(CCCN)cc1Cl. The largest absolute Gasteiger partial charge is 0.492 e. The van der Waals surface area contributed by atoms with Crippen molar-refractivity contribution >= 4 is 11.6 Å². The molecule has 2 nitrogen and oxygen atoms in total. The highest BCUT2D eigenvalue weighted by molar-refractivity contribution is 6.32. The molecule has 1 aromatic rings. The summed E-state index contributed by atoms with van der Waals surface area (Å²) < 4.78 is 5.34. The Bertz CT molecular complexity index is 289. The van der Waals surface area contributed by atoms with Crippen LogP contribution in [-0.4, -0.2) is 13.2 Å². The zero-order valence-corrected chi connectivity index (χ0v) is 9.18. The smallest absolute Gasteiger partial charge is 0.137 e. The van der Waals surface area contributed by atoms with Crippen LogP contribution in [0.4, 0.5) is 0 Å². The van der Waals surface area contributed by atoms with Crippen molar-refractivity contribution in [3.63, 3.8) is 0 Å².